The first-order valence-corrected chi connectivity index (χ1v) is 7.00. The van der Waals surface area contributed by atoms with Crippen molar-refractivity contribution < 1.29 is 4.79 Å². The van der Waals surface area contributed by atoms with E-state index < -0.39 is 0 Å². The predicted molar refractivity (Wildman–Crippen MR) is 72.9 cm³/mol. The minimum Gasteiger partial charge on any atom is -0.329 e. The molecular weight excluding hydrogens is 262 g/mol. The van der Waals surface area contributed by atoms with Crippen molar-refractivity contribution >= 4 is 17.6 Å². The molecule has 3 rings (SSSR count). The topological polar surface area (TPSA) is 54.3 Å². The molecule has 0 bridgehead atoms. The van der Waals surface area contributed by atoms with E-state index in [-0.39, 0.29) is 6.03 Å². The van der Waals surface area contributed by atoms with E-state index in [1.165, 1.54) is 11.5 Å². The molecule has 6 nitrogen and oxygen atoms in total. The van der Waals surface area contributed by atoms with E-state index in [1.54, 1.807) is 11.1 Å². The van der Waals surface area contributed by atoms with Crippen molar-refractivity contribution in [3.8, 4) is 11.4 Å². The van der Waals surface area contributed by atoms with Crippen LogP contribution in [0.5, 0.6) is 0 Å². The zero-order valence-corrected chi connectivity index (χ0v) is 11.5. The zero-order chi connectivity index (χ0) is 13.2. The molecule has 1 saturated heterocycles. The lowest BCUT2D eigenvalue weighted by Crippen LogP contribution is -2.32. The fraction of sp³-hybridized carbons (Fsp3) is 0.417. The molecule has 0 atom stereocenters. The molecule has 100 valence electrons. The summed E-state index contributed by atoms with van der Waals surface area (Å²) in [4.78, 5) is 19.8. The molecule has 1 aliphatic rings. The summed E-state index contributed by atoms with van der Waals surface area (Å²) >= 11 is 1.42. The summed E-state index contributed by atoms with van der Waals surface area (Å²) < 4.78 is 6.16. The SMILES string of the molecule is CN1CCN(CCn2ccnc2-c2cnsc2)C1=O. The summed E-state index contributed by atoms with van der Waals surface area (Å²) in [6.45, 7) is 3.08. The van der Waals surface area contributed by atoms with Gasteiger partial charge in [-0.2, -0.15) is 0 Å². The number of rotatable bonds is 4. The van der Waals surface area contributed by atoms with Crippen LogP contribution in [0.4, 0.5) is 4.79 Å². The Labute approximate surface area is 115 Å². The van der Waals surface area contributed by atoms with Gasteiger partial charge in [-0.15, -0.1) is 0 Å². The van der Waals surface area contributed by atoms with Gasteiger partial charge >= 0.3 is 6.03 Å². The molecule has 0 unspecified atom stereocenters. The number of imidazole rings is 1. The van der Waals surface area contributed by atoms with Crippen molar-refractivity contribution in [2.75, 3.05) is 26.7 Å². The smallest absolute Gasteiger partial charge is 0.319 e. The summed E-state index contributed by atoms with van der Waals surface area (Å²) in [6.07, 6.45) is 5.54. The Morgan fingerprint density at radius 2 is 2.26 bits per heavy atom. The molecule has 1 fully saturated rings. The molecule has 1 aliphatic heterocycles. The first kappa shape index (κ1) is 12.2. The van der Waals surface area contributed by atoms with Crippen molar-refractivity contribution in [2.45, 2.75) is 6.54 Å². The number of carbonyl (C=O) groups is 1. The highest BCUT2D eigenvalue weighted by Crippen LogP contribution is 2.18. The second-order valence-electron chi connectivity index (χ2n) is 4.55. The first-order valence-electron chi connectivity index (χ1n) is 6.16. The Morgan fingerprint density at radius 1 is 1.37 bits per heavy atom. The number of amides is 2. The van der Waals surface area contributed by atoms with E-state index in [9.17, 15) is 4.79 Å². The summed E-state index contributed by atoms with van der Waals surface area (Å²) in [5.41, 5.74) is 1.03. The van der Waals surface area contributed by atoms with Gasteiger partial charge in [0.2, 0.25) is 0 Å². The van der Waals surface area contributed by atoms with Gasteiger partial charge in [-0.05, 0) is 11.5 Å². The van der Waals surface area contributed by atoms with Crippen LogP contribution in [0.2, 0.25) is 0 Å². The normalized spacial score (nSPS) is 15.5. The van der Waals surface area contributed by atoms with Crippen LogP contribution in [0.3, 0.4) is 0 Å². The Hall–Kier alpha value is -1.89. The lowest BCUT2D eigenvalue weighted by molar-refractivity contribution is 0.197. The van der Waals surface area contributed by atoms with Crippen LogP contribution in [0.25, 0.3) is 11.4 Å². The Morgan fingerprint density at radius 3 is 2.95 bits per heavy atom. The van der Waals surface area contributed by atoms with E-state index >= 15 is 0 Å². The van der Waals surface area contributed by atoms with Crippen LogP contribution in [-0.2, 0) is 6.54 Å². The molecule has 0 aliphatic carbocycles. The van der Waals surface area contributed by atoms with Crippen LogP contribution in [0, 0.1) is 0 Å². The lowest BCUT2D eigenvalue weighted by atomic mass is 10.3. The van der Waals surface area contributed by atoms with Gasteiger partial charge in [0.05, 0.1) is 6.20 Å². The summed E-state index contributed by atoms with van der Waals surface area (Å²) in [5, 5.41) is 1.98. The van der Waals surface area contributed by atoms with Gasteiger partial charge in [-0.3, -0.25) is 0 Å². The number of hydrogen-bond acceptors (Lipinski definition) is 4. The van der Waals surface area contributed by atoms with Gasteiger partial charge in [0.15, 0.2) is 0 Å². The molecule has 0 aromatic carbocycles. The minimum atomic E-state index is 0.110. The standard InChI is InChI=1S/C12H15N5OS/c1-15-4-5-17(12(15)18)7-6-16-3-2-13-11(16)10-8-14-19-9-10/h2-3,8-9H,4-7H2,1H3. The molecule has 19 heavy (non-hydrogen) atoms. The quantitative estimate of drug-likeness (QED) is 0.848. The Kier molecular flexibility index (Phi) is 3.20. The molecule has 7 heteroatoms. The van der Waals surface area contributed by atoms with E-state index in [4.69, 9.17) is 0 Å². The third-order valence-electron chi connectivity index (χ3n) is 3.32. The highest BCUT2D eigenvalue weighted by atomic mass is 32.1. The third kappa shape index (κ3) is 2.33. The van der Waals surface area contributed by atoms with E-state index in [2.05, 4.69) is 13.9 Å². The maximum Gasteiger partial charge on any atom is 0.319 e. The van der Waals surface area contributed by atoms with E-state index in [0.29, 0.717) is 6.54 Å². The monoisotopic (exact) mass is 277 g/mol. The number of nitrogens with zero attached hydrogens (tertiary/aromatic N) is 5. The maximum atomic E-state index is 11.8. The van der Waals surface area contributed by atoms with Crippen molar-refractivity contribution in [1.29, 1.82) is 0 Å². The second-order valence-corrected chi connectivity index (χ2v) is 5.21. The minimum absolute atomic E-state index is 0.110. The summed E-state index contributed by atoms with van der Waals surface area (Å²) in [7, 11) is 1.84. The molecule has 0 saturated carbocycles. The average molecular weight is 277 g/mol. The van der Waals surface area contributed by atoms with Gasteiger partial charge < -0.3 is 14.4 Å². The number of urea groups is 1. The number of hydrogen-bond donors (Lipinski definition) is 0. The fourth-order valence-corrected chi connectivity index (χ4v) is 2.72. The highest BCUT2D eigenvalue weighted by Gasteiger charge is 2.24. The van der Waals surface area contributed by atoms with Gasteiger partial charge in [0.1, 0.15) is 5.82 Å². The molecule has 2 amide bonds. The number of carbonyl (C=O) groups excluding carboxylic acids is 1. The van der Waals surface area contributed by atoms with E-state index in [1.807, 2.05) is 29.7 Å². The first-order chi connectivity index (χ1) is 9.25. The van der Waals surface area contributed by atoms with Crippen molar-refractivity contribution in [3.05, 3.63) is 24.0 Å². The van der Waals surface area contributed by atoms with Crippen molar-refractivity contribution in [1.82, 2.24) is 23.7 Å². The number of likely N-dealkylation sites (N-methyl/N-ethyl adjacent to an activating group) is 1. The average Bonchev–Trinajstić information content (AvgIpc) is 3.11. The predicted octanol–water partition coefficient (Wildman–Crippen LogP) is 1.37. The largest absolute Gasteiger partial charge is 0.329 e. The molecule has 3 heterocycles. The molecule has 0 radical (unpaired) electrons. The molecule has 0 N–H and O–H groups in total. The van der Waals surface area contributed by atoms with Crippen LogP contribution in [0.15, 0.2) is 24.0 Å². The van der Waals surface area contributed by atoms with Crippen LogP contribution in [-0.4, -0.2) is 56.4 Å². The van der Waals surface area contributed by atoms with Crippen LogP contribution >= 0.6 is 11.5 Å². The third-order valence-corrected chi connectivity index (χ3v) is 3.91. The Balaban J connectivity index is 1.68. The van der Waals surface area contributed by atoms with Crippen LogP contribution < -0.4 is 0 Å². The molecule has 2 aromatic rings. The summed E-state index contributed by atoms with van der Waals surface area (Å²) in [5.74, 6) is 0.911. The van der Waals surface area contributed by atoms with Crippen molar-refractivity contribution in [2.24, 2.45) is 0 Å². The molecule has 2 aromatic heterocycles. The Bertz CT molecular complexity index is 564. The van der Waals surface area contributed by atoms with Gasteiger partial charge in [-0.25, -0.2) is 14.2 Å². The molecular formula is C12H15N5OS. The van der Waals surface area contributed by atoms with E-state index in [0.717, 1.165) is 31.0 Å². The zero-order valence-electron chi connectivity index (χ0n) is 10.7. The number of aromatic nitrogens is 3. The van der Waals surface area contributed by atoms with Gasteiger partial charge in [0, 0.05) is 56.6 Å². The highest BCUT2D eigenvalue weighted by molar-refractivity contribution is 7.03. The molecule has 0 spiro atoms. The lowest BCUT2D eigenvalue weighted by Gasteiger charge is -2.16. The van der Waals surface area contributed by atoms with Crippen molar-refractivity contribution in [3.63, 3.8) is 0 Å². The van der Waals surface area contributed by atoms with Crippen LogP contribution in [0.1, 0.15) is 0 Å². The fourth-order valence-electron chi connectivity index (χ4n) is 2.20. The summed E-state index contributed by atoms with van der Waals surface area (Å²) in [6, 6.07) is 0.110. The van der Waals surface area contributed by atoms with Gasteiger partial charge in [0.25, 0.3) is 0 Å². The second kappa shape index (κ2) is 5.00. The van der Waals surface area contributed by atoms with Gasteiger partial charge in [-0.1, -0.05) is 0 Å². The maximum absolute atomic E-state index is 11.8.